The Morgan fingerprint density at radius 3 is 2.27 bits per heavy atom. The fourth-order valence-electron chi connectivity index (χ4n) is 2.57. The van der Waals surface area contributed by atoms with Crippen molar-refractivity contribution in [1.82, 2.24) is 10.2 Å². The van der Waals surface area contributed by atoms with E-state index in [1.807, 2.05) is 55.5 Å². The van der Waals surface area contributed by atoms with Gasteiger partial charge in [0.25, 0.3) is 5.91 Å². The topological polar surface area (TPSA) is 84.0 Å². The number of hydrogen-bond donors (Lipinski definition) is 2. The van der Waals surface area contributed by atoms with Crippen molar-refractivity contribution in [1.29, 1.82) is 0 Å². The SMILES string of the molecule is Cc1ccc(NC(=O)CSc2nnc(NC(=O)c3ccc(C(C)(C)C)cc3)s2)cc1. The zero-order valence-corrected chi connectivity index (χ0v) is 19.0. The molecule has 0 saturated heterocycles. The smallest absolute Gasteiger partial charge is 0.257 e. The maximum absolute atomic E-state index is 12.4. The molecule has 1 heterocycles. The summed E-state index contributed by atoms with van der Waals surface area (Å²) in [4.78, 5) is 24.5. The minimum atomic E-state index is -0.236. The van der Waals surface area contributed by atoms with Crippen molar-refractivity contribution in [2.45, 2.75) is 37.4 Å². The van der Waals surface area contributed by atoms with Gasteiger partial charge in [-0.1, -0.05) is 73.7 Å². The van der Waals surface area contributed by atoms with E-state index in [9.17, 15) is 9.59 Å². The molecular formula is C22H24N4O2S2. The van der Waals surface area contributed by atoms with Gasteiger partial charge in [0, 0.05) is 11.3 Å². The van der Waals surface area contributed by atoms with E-state index in [4.69, 9.17) is 0 Å². The first-order valence-electron chi connectivity index (χ1n) is 9.45. The van der Waals surface area contributed by atoms with E-state index < -0.39 is 0 Å². The Balaban J connectivity index is 1.51. The molecular weight excluding hydrogens is 416 g/mol. The summed E-state index contributed by atoms with van der Waals surface area (Å²) in [6, 6.07) is 15.2. The predicted octanol–water partition coefficient (Wildman–Crippen LogP) is 5.13. The molecule has 8 heteroatoms. The third-order valence-electron chi connectivity index (χ3n) is 4.30. The van der Waals surface area contributed by atoms with Crippen LogP contribution >= 0.6 is 23.1 Å². The summed E-state index contributed by atoms with van der Waals surface area (Å²) >= 11 is 2.52. The zero-order chi connectivity index (χ0) is 21.7. The van der Waals surface area contributed by atoms with Crippen LogP contribution in [0, 0.1) is 6.92 Å². The number of hydrogen-bond acceptors (Lipinski definition) is 6. The average Bonchev–Trinajstić information content (AvgIpc) is 3.15. The molecule has 0 aliphatic carbocycles. The first-order valence-corrected chi connectivity index (χ1v) is 11.3. The van der Waals surface area contributed by atoms with Gasteiger partial charge in [0.1, 0.15) is 0 Å². The summed E-state index contributed by atoms with van der Waals surface area (Å²) in [6.07, 6.45) is 0. The Morgan fingerprint density at radius 1 is 0.967 bits per heavy atom. The van der Waals surface area contributed by atoms with Crippen molar-refractivity contribution < 1.29 is 9.59 Å². The second kappa shape index (κ2) is 9.40. The molecule has 0 aliphatic rings. The second-order valence-corrected chi connectivity index (χ2v) is 10.1. The van der Waals surface area contributed by atoms with Crippen LogP contribution in [0.1, 0.15) is 42.3 Å². The maximum Gasteiger partial charge on any atom is 0.257 e. The van der Waals surface area contributed by atoms with E-state index in [-0.39, 0.29) is 23.0 Å². The Morgan fingerprint density at radius 2 is 1.63 bits per heavy atom. The highest BCUT2D eigenvalue weighted by atomic mass is 32.2. The van der Waals surface area contributed by atoms with Gasteiger partial charge in [-0.3, -0.25) is 14.9 Å². The van der Waals surface area contributed by atoms with Crippen molar-refractivity contribution in [2.24, 2.45) is 0 Å². The van der Waals surface area contributed by atoms with Gasteiger partial charge < -0.3 is 5.32 Å². The van der Waals surface area contributed by atoms with Crippen LogP contribution in [0.5, 0.6) is 0 Å². The number of benzene rings is 2. The van der Waals surface area contributed by atoms with E-state index >= 15 is 0 Å². The van der Waals surface area contributed by atoms with Crippen LogP contribution in [-0.4, -0.2) is 27.8 Å². The highest BCUT2D eigenvalue weighted by Gasteiger charge is 2.15. The molecule has 0 aliphatic heterocycles. The number of anilines is 2. The molecule has 0 atom stereocenters. The summed E-state index contributed by atoms with van der Waals surface area (Å²) in [7, 11) is 0. The Kier molecular flexibility index (Phi) is 6.89. The molecule has 0 bridgehead atoms. The molecule has 30 heavy (non-hydrogen) atoms. The van der Waals surface area contributed by atoms with E-state index in [0.717, 1.165) is 16.8 Å². The average molecular weight is 441 g/mol. The van der Waals surface area contributed by atoms with Gasteiger partial charge in [0.15, 0.2) is 4.34 Å². The third kappa shape index (κ3) is 6.14. The van der Waals surface area contributed by atoms with Crippen molar-refractivity contribution >= 4 is 45.7 Å². The molecule has 6 nitrogen and oxygen atoms in total. The van der Waals surface area contributed by atoms with Crippen LogP contribution in [0.4, 0.5) is 10.8 Å². The number of rotatable bonds is 6. The quantitative estimate of drug-likeness (QED) is 0.410. The van der Waals surface area contributed by atoms with Gasteiger partial charge in [-0.05, 0) is 42.2 Å². The lowest BCUT2D eigenvalue weighted by Crippen LogP contribution is -2.14. The number of aryl methyl sites for hydroxylation is 1. The van der Waals surface area contributed by atoms with E-state index in [0.29, 0.717) is 15.0 Å². The first kappa shape index (κ1) is 22.0. The van der Waals surface area contributed by atoms with Gasteiger partial charge in [-0.2, -0.15) is 0 Å². The van der Waals surface area contributed by atoms with Crippen LogP contribution in [-0.2, 0) is 10.2 Å². The number of carbonyl (C=O) groups is 2. The molecule has 2 aromatic carbocycles. The van der Waals surface area contributed by atoms with Gasteiger partial charge >= 0.3 is 0 Å². The van der Waals surface area contributed by atoms with E-state index in [1.54, 1.807) is 0 Å². The van der Waals surface area contributed by atoms with Gasteiger partial charge in [0.2, 0.25) is 11.0 Å². The van der Waals surface area contributed by atoms with Gasteiger partial charge in [-0.25, -0.2) is 0 Å². The number of nitrogens with zero attached hydrogens (tertiary/aromatic N) is 2. The molecule has 0 saturated carbocycles. The lowest BCUT2D eigenvalue weighted by Gasteiger charge is -2.18. The molecule has 3 aromatic rings. The summed E-state index contributed by atoms with van der Waals surface area (Å²) < 4.78 is 0.618. The number of aromatic nitrogens is 2. The molecule has 2 amide bonds. The van der Waals surface area contributed by atoms with Gasteiger partial charge in [0.05, 0.1) is 5.75 Å². The minimum Gasteiger partial charge on any atom is -0.325 e. The molecule has 1 aromatic heterocycles. The Labute approximate surface area is 184 Å². The van der Waals surface area contributed by atoms with Crippen molar-refractivity contribution in [3.05, 3.63) is 65.2 Å². The number of carbonyl (C=O) groups excluding carboxylic acids is 2. The van der Waals surface area contributed by atoms with Crippen molar-refractivity contribution in [3.63, 3.8) is 0 Å². The molecule has 2 N–H and O–H groups in total. The third-order valence-corrected chi connectivity index (χ3v) is 6.27. The summed E-state index contributed by atoms with van der Waals surface area (Å²) in [5.74, 6) is -0.145. The van der Waals surface area contributed by atoms with E-state index in [1.165, 1.54) is 23.1 Å². The number of thioether (sulfide) groups is 1. The fourth-order valence-corrected chi connectivity index (χ4v) is 4.12. The molecule has 0 spiro atoms. The normalized spacial score (nSPS) is 11.2. The molecule has 0 radical (unpaired) electrons. The Hall–Kier alpha value is -2.71. The monoisotopic (exact) mass is 440 g/mol. The molecule has 3 rings (SSSR count). The summed E-state index contributed by atoms with van der Waals surface area (Å²) in [6.45, 7) is 8.38. The maximum atomic E-state index is 12.4. The fraction of sp³-hybridized carbons (Fsp3) is 0.273. The number of nitrogens with one attached hydrogen (secondary N) is 2. The lowest BCUT2D eigenvalue weighted by molar-refractivity contribution is -0.113. The zero-order valence-electron chi connectivity index (χ0n) is 17.4. The predicted molar refractivity (Wildman–Crippen MR) is 124 cm³/mol. The molecule has 0 unspecified atom stereocenters. The van der Waals surface area contributed by atoms with Crippen LogP contribution in [0.25, 0.3) is 0 Å². The Bertz CT molecular complexity index is 1020. The van der Waals surface area contributed by atoms with Crippen molar-refractivity contribution in [3.8, 4) is 0 Å². The highest BCUT2D eigenvalue weighted by molar-refractivity contribution is 8.01. The molecule has 156 valence electrons. The lowest BCUT2D eigenvalue weighted by atomic mass is 9.87. The van der Waals surface area contributed by atoms with E-state index in [2.05, 4.69) is 41.6 Å². The second-order valence-electron chi connectivity index (χ2n) is 7.86. The highest BCUT2D eigenvalue weighted by Crippen LogP contribution is 2.26. The van der Waals surface area contributed by atoms with Gasteiger partial charge in [-0.15, -0.1) is 10.2 Å². The summed E-state index contributed by atoms with van der Waals surface area (Å²) in [5.41, 5.74) is 3.65. The van der Waals surface area contributed by atoms with Crippen molar-refractivity contribution in [2.75, 3.05) is 16.4 Å². The standard InChI is InChI=1S/C22H24N4O2S2/c1-14-5-11-17(12-6-14)23-18(27)13-29-21-26-25-20(30-21)24-19(28)15-7-9-16(10-8-15)22(2,3)4/h5-12H,13H2,1-4H3,(H,23,27)(H,24,25,28). The minimum absolute atomic E-state index is 0.0338. The van der Waals surface area contributed by atoms with Crippen LogP contribution in [0.3, 0.4) is 0 Å². The summed E-state index contributed by atoms with van der Waals surface area (Å²) in [5, 5.41) is 14.0. The van der Waals surface area contributed by atoms with Crippen LogP contribution in [0.15, 0.2) is 52.9 Å². The van der Waals surface area contributed by atoms with Crippen LogP contribution in [0.2, 0.25) is 0 Å². The molecule has 0 fully saturated rings. The van der Waals surface area contributed by atoms with Crippen LogP contribution < -0.4 is 10.6 Å². The first-order chi connectivity index (χ1) is 14.2. The largest absolute Gasteiger partial charge is 0.325 e. The number of amides is 2.